The summed E-state index contributed by atoms with van der Waals surface area (Å²) in [5, 5.41) is 11.0. The Bertz CT molecular complexity index is 569. The quantitative estimate of drug-likeness (QED) is 0.823. The molecule has 1 aliphatic rings. The first-order valence-corrected chi connectivity index (χ1v) is 8.88. The lowest BCUT2D eigenvalue weighted by Crippen LogP contribution is -2.41. The first-order chi connectivity index (χ1) is 11.4. The summed E-state index contributed by atoms with van der Waals surface area (Å²) in [5.74, 6) is 1.15. The molecule has 0 saturated carbocycles. The van der Waals surface area contributed by atoms with E-state index in [9.17, 15) is 9.59 Å². The van der Waals surface area contributed by atoms with Crippen LogP contribution in [0.2, 0.25) is 0 Å². The van der Waals surface area contributed by atoms with Gasteiger partial charge in [-0.15, -0.1) is 10.2 Å². The lowest BCUT2D eigenvalue weighted by atomic mass is 10.1. The highest BCUT2D eigenvalue weighted by molar-refractivity contribution is 5.86. The first kappa shape index (κ1) is 18.4. The molecular weight excluding hydrogens is 306 g/mol. The van der Waals surface area contributed by atoms with Gasteiger partial charge in [-0.25, -0.2) is 0 Å². The Hall–Kier alpha value is -1.92. The Morgan fingerprint density at radius 3 is 2.79 bits per heavy atom. The van der Waals surface area contributed by atoms with Crippen molar-refractivity contribution < 1.29 is 9.59 Å². The zero-order valence-electron chi connectivity index (χ0n) is 15.2. The second kappa shape index (κ2) is 8.26. The maximum absolute atomic E-state index is 12.6. The molecule has 7 heteroatoms. The van der Waals surface area contributed by atoms with E-state index in [0.717, 1.165) is 31.6 Å². The van der Waals surface area contributed by atoms with Gasteiger partial charge in [0, 0.05) is 19.0 Å². The number of hydrogen-bond donors (Lipinski definition) is 1. The Kier molecular flexibility index (Phi) is 6.34. The van der Waals surface area contributed by atoms with Crippen molar-refractivity contribution in [1.29, 1.82) is 0 Å². The van der Waals surface area contributed by atoms with Crippen LogP contribution >= 0.6 is 0 Å². The van der Waals surface area contributed by atoms with Crippen molar-refractivity contribution in [2.24, 2.45) is 11.8 Å². The molecule has 0 aliphatic carbocycles. The number of amides is 2. The van der Waals surface area contributed by atoms with Crippen LogP contribution in [0.25, 0.3) is 0 Å². The van der Waals surface area contributed by atoms with Gasteiger partial charge >= 0.3 is 0 Å². The number of nitrogens with zero attached hydrogens (tertiary/aromatic N) is 4. The zero-order valence-corrected chi connectivity index (χ0v) is 15.2. The molecule has 1 N–H and O–H groups in total. The third-order valence-corrected chi connectivity index (χ3v) is 4.55. The van der Waals surface area contributed by atoms with Gasteiger partial charge in [0.2, 0.25) is 11.8 Å². The number of rotatable bonds is 7. The van der Waals surface area contributed by atoms with Crippen LogP contribution in [0.3, 0.4) is 0 Å². The number of aromatic nitrogens is 3. The fourth-order valence-corrected chi connectivity index (χ4v) is 3.01. The van der Waals surface area contributed by atoms with Gasteiger partial charge in [0.25, 0.3) is 0 Å². The molecule has 0 spiro atoms. The molecule has 0 aromatic carbocycles. The Morgan fingerprint density at radius 1 is 1.38 bits per heavy atom. The molecule has 0 radical (unpaired) electrons. The van der Waals surface area contributed by atoms with Crippen LogP contribution in [-0.2, 0) is 16.1 Å². The highest BCUT2D eigenvalue weighted by Crippen LogP contribution is 2.30. The predicted octanol–water partition coefficient (Wildman–Crippen LogP) is 1.76. The minimum atomic E-state index is -0.0682. The van der Waals surface area contributed by atoms with Crippen LogP contribution in [-0.4, -0.2) is 44.6 Å². The molecule has 2 atom stereocenters. The van der Waals surface area contributed by atoms with E-state index in [0.29, 0.717) is 12.5 Å². The first-order valence-electron chi connectivity index (χ1n) is 8.88. The lowest BCUT2D eigenvalue weighted by Gasteiger charge is -2.25. The molecule has 2 unspecified atom stereocenters. The zero-order chi connectivity index (χ0) is 17.7. The smallest absolute Gasteiger partial charge is 0.242 e. The summed E-state index contributed by atoms with van der Waals surface area (Å²) in [7, 11) is 0. The average molecular weight is 335 g/mol. The summed E-state index contributed by atoms with van der Waals surface area (Å²) >= 11 is 0. The number of carbonyl (C=O) groups is 2. The molecule has 2 amide bonds. The highest BCUT2D eigenvalue weighted by Gasteiger charge is 2.33. The van der Waals surface area contributed by atoms with Crippen LogP contribution in [0.5, 0.6) is 0 Å². The molecule has 1 aromatic rings. The van der Waals surface area contributed by atoms with Gasteiger partial charge in [-0.2, -0.15) is 0 Å². The SMILES string of the molecule is CCC(C)C(=O)NCC(=O)N1CCCC1c1nncn1CC(C)C. The van der Waals surface area contributed by atoms with Gasteiger partial charge in [-0.1, -0.05) is 27.7 Å². The van der Waals surface area contributed by atoms with E-state index in [1.807, 2.05) is 23.3 Å². The maximum Gasteiger partial charge on any atom is 0.242 e. The fourth-order valence-electron chi connectivity index (χ4n) is 3.01. The molecule has 24 heavy (non-hydrogen) atoms. The molecule has 1 fully saturated rings. The molecule has 1 aliphatic heterocycles. The summed E-state index contributed by atoms with van der Waals surface area (Å²) in [6.45, 7) is 9.72. The Morgan fingerprint density at radius 2 is 2.12 bits per heavy atom. The lowest BCUT2D eigenvalue weighted by molar-refractivity contribution is -0.134. The second-order valence-corrected chi connectivity index (χ2v) is 7.01. The van der Waals surface area contributed by atoms with E-state index < -0.39 is 0 Å². The van der Waals surface area contributed by atoms with Gasteiger partial charge in [0.15, 0.2) is 5.82 Å². The minimum Gasteiger partial charge on any atom is -0.347 e. The van der Waals surface area contributed by atoms with Gasteiger partial charge in [0.05, 0.1) is 12.6 Å². The topological polar surface area (TPSA) is 80.1 Å². The van der Waals surface area contributed by atoms with Crippen molar-refractivity contribution in [3.8, 4) is 0 Å². The molecule has 1 saturated heterocycles. The molecular formula is C17H29N5O2. The molecule has 7 nitrogen and oxygen atoms in total. The maximum atomic E-state index is 12.6. The van der Waals surface area contributed by atoms with Gasteiger partial charge in [0.1, 0.15) is 6.33 Å². The average Bonchev–Trinajstić information content (AvgIpc) is 3.19. The summed E-state index contributed by atoms with van der Waals surface area (Å²) in [6.07, 6.45) is 4.35. The second-order valence-electron chi connectivity index (χ2n) is 7.01. The number of likely N-dealkylation sites (tertiary alicyclic amines) is 1. The monoisotopic (exact) mass is 335 g/mol. The summed E-state index contributed by atoms with van der Waals surface area (Å²) in [4.78, 5) is 26.3. The van der Waals surface area contributed by atoms with Crippen LogP contribution in [0.15, 0.2) is 6.33 Å². The molecule has 1 aromatic heterocycles. The van der Waals surface area contributed by atoms with E-state index in [1.54, 1.807) is 6.33 Å². The Balaban J connectivity index is 2.01. The van der Waals surface area contributed by atoms with E-state index >= 15 is 0 Å². The summed E-state index contributed by atoms with van der Waals surface area (Å²) in [6, 6.07) is -0.0424. The third kappa shape index (κ3) is 4.33. The summed E-state index contributed by atoms with van der Waals surface area (Å²) in [5.41, 5.74) is 0. The number of hydrogen-bond acceptors (Lipinski definition) is 4. The third-order valence-electron chi connectivity index (χ3n) is 4.55. The largest absolute Gasteiger partial charge is 0.347 e. The van der Waals surface area contributed by atoms with Crippen molar-refractivity contribution >= 4 is 11.8 Å². The van der Waals surface area contributed by atoms with E-state index in [4.69, 9.17) is 0 Å². The van der Waals surface area contributed by atoms with Crippen molar-refractivity contribution in [1.82, 2.24) is 25.0 Å². The molecule has 2 heterocycles. The van der Waals surface area contributed by atoms with Gasteiger partial charge in [-0.05, 0) is 25.2 Å². The van der Waals surface area contributed by atoms with Gasteiger partial charge < -0.3 is 14.8 Å². The van der Waals surface area contributed by atoms with E-state index in [2.05, 4.69) is 29.4 Å². The number of carbonyl (C=O) groups excluding carboxylic acids is 2. The predicted molar refractivity (Wildman–Crippen MR) is 91.0 cm³/mol. The summed E-state index contributed by atoms with van der Waals surface area (Å²) < 4.78 is 2.04. The van der Waals surface area contributed by atoms with Crippen molar-refractivity contribution in [3.05, 3.63) is 12.2 Å². The standard InChI is InChI=1S/C17H29N5O2/c1-5-13(4)17(24)18-9-15(23)22-8-6-7-14(22)16-20-19-11-21(16)10-12(2)3/h11-14H,5-10H2,1-4H3,(H,18,24). The van der Waals surface area contributed by atoms with Gasteiger partial charge in [-0.3, -0.25) is 9.59 Å². The number of nitrogens with one attached hydrogen (secondary N) is 1. The highest BCUT2D eigenvalue weighted by atomic mass is 16.2. The van der Waals surface area contributed by atoms with E-state index in [1.165, 1.54) is 0 Å². The van der Waals surface area contributed by atoms with Crippen LogP contribution in [0.1, 0.15) is 58.8 Å². The van der Waals surface area contributed by atoms with E-state index in [-0.39, 0.29) is 30.3 Å². The fraction of sp³-hybridized carbons (Fsp3) is 0.765. The van der Waals surface area contributed by atoms with Crippen molar-refractivity contribution in [3.63, 3.8) is 0 Å². The van der Waals surface area contributed by atoms with Crippen LogP contribution in [0, 0.1) is 11.8 Å². The normalized spacial score (nSPS) is 18.9. The Labute approximate surface area is 143 Å². The molecule has 134 valence electrons. The van der Waals surface area contributed by atoms with Crippen molar-refractivity contribution in [2.45, 2.75) is 59.5 Å². The molecule has 0 bridgehead atoms. The van der Waals surface area contributed by atoms with Crippen LogP contribution in [0.4, 0.5) is 0 Å². The van der Waals surface area contributed by atoms with Crippen LogP contribution < -0.4 is 5.32 Å². The minimum absolute atomic E-state index is 0.0424. The van der Waals surface area contributed by atoms with Crippen molar-refractivity contribution in [2.75, 3.05) is 13.1 Å². The molecule has 2 rings (SSSR count).